The summed E-state index contributed by atoms with van der Waals surface area (Å²) in [5.41, 5.74) is 2.90. The van der Waals surface area contributed by atoms with E-state index in [1.165, 1.54) is 0 Å². The average Bonchev–Trinajstić information content (AvgIpc) is 2.51. The van der Waals surface area contributed by atoms with Crippen molar-refractivity contribution in [3.05, 3.63) is 35.5 Å². The van der Waals surface area contributed by atoms with E-state index in [9.17, 15) is 5.11 Å². The Morgan fingerprint density at radius 3 is 2.57 bits per heavy atom. The molecule has 0 saturated heterocycles. The van der Waals surface area contributed by atoms with Gasteiger partial charge in [-0.15, -0.1) is 0 Å². The number of hydrogen-bond donors (Lipinski definition) is 2. The quantitative estimate of drug-likeness (QED) is 0.840. The zero-order valence-electron chi connectivity index (χ0n) is 13.4. The number of aryl methyl sites for hydroxylation is 1. The molecule has 3 rings (SSSR count). The number of aromatic nitrogens is 3. The zero-order chi connectivity index (χ0) is 16.4. The van der Waals surface area contributed by atoms with Gasteiger partial charge in [-0.05, 0) is 45.6 Å². The smallest absolute Gasteiger partial charge is 0.131 e. The molecule has 1 fully saturated rings. The molecule has 0 unspecified atom stereocenters. The van der Waals surface area contributed by atoms with Gasteiger partial charge in [-0.3, -0.25) is 9.97 Å². The summed E-state index contributed by atoms with van der Waals surface area (Å²) in [6.07, 6.45) is 8.65. The van der Waals surface area contributed by atoms with Gasteiger partial charge in [0.15, 0.2) is 0 Å². The zero-order valence-corrected chi connectivity index (χ0v) is 14.1. The molecule has 0 radical (unpaired) electrons. The number of pyridine rings is 1. The van der Waals surface area contributed by atoms with Crippen LogP contribution >= 0.6 is 11.6 Å². The number of hydrogen-bond acceptors (Lipinski definition) is 5. The minimum absolute atomic E-state index is 0.311. The second-order valence-corrected chi connectivity index (χ2v) is 6.90. The Labute approximate surface area is 141 Å². The first-order valence-electron chi connectivity index (χ1n) is 7.86. The highest BCUT2D eigenvalue weighted by Crippen LogP contribution is 2.33. The SMILES string of the molecule is Cc1cnc(-c2cnc(Cl)cc2NC2CCC(C)(O)CC2)cn1. The van der Waals surface area contributed by atoms with Crippen molar-refractivity contribution in [1.82, 2.24) is 15.0 Å². The fourth-order valence-electron chi connectivity index (χ4n) is 2.89. The van der Waals surface area contributed by atoms with Crippen LogP contribution in [0, 0.1) is 6.92 Å². The number of aliphatic hydroxyl groups is 1. The third-order valence-corrected chi connectivity index (χ3v) is 4.56. The Morgan fingerprint density at radius 2 is 1.91 bits per heavy atom. The van der Waals surface area contributed by atoms with Crippen molar-refractivity contribution in [2.24, 2.45) is 0 Å². The van der Waals surface area contributed by atoms with Crippen LogP contribution in [-0.4, -0.2) is 31.7 Å². The molecule has 5 nitrogen and oxygen atoms in total. The number of halogens is 1. The van der Waals surface area contributed by atoms with E-state index in [0.29, 0.717) is 11.2 Å². The molecule has 0 aliphatic heterocycles. The molecule has 2 aromatic heterocycles. The summed E-state index contributed by atoms with van der Waals surface area (Å²) >= 11 is 6.07. The summed E-state index contributed by atoms with van der Waals surface area (Å²) in [6.45, 7) is 3.81. The molecule has 0 amide bonds. The van der Waals surface area contributed by atoms with Crippen molar-refractivity contribution in [3.63, 3.8) is 0 Å². The minimum Gasteiger partial charge on any atom is -0.390 e. The van der Waals surface area contributed by atoms with Crippen LogP contribution in [0.4, 0.5) is 5.69 Å². The average molecular weight is 333 g/mol. The number of rotatable bonds is 3. The Morgan fingerprint density at radius 1 is 1.17 bits per heavy atom. The highest BCUT2D eigenvalue weighted by Gasteiger charge is 2.29. The molecule has 0 bridgehead atoms. The Balaban J connectivity index is 1.84. The molecule has 2 aromatic rings. The highest BCUT2D eigenvalue weighted by molar-refractivity contribution is 6.29. The summed E-state index contributed by atoms with van der Waals surface area (Å²) in [5.74, 6) is 0. The molecule has 122 valence electrons. The van der Waals surface area contributed by atoms with E-state index in [0.717, 1.165) is 48.3 Å². The third kappa shape index (κ3) is 3.98. The fraction of sp³-hybridized carbons (Fsp3) is 0.471. The lowest BCUT2D eigenvalue weighted by Crippen LogP contribution is -2.35. The fourth-order valence-corrected chi connectivity index (χ4v) is 3.05. The van der Waals surface area contributed by atoms with Gasteiger partial charge in [-0.25, -0.2) is 4.98 Å². The van der Waals surface area contributed by atoms with Gasteiger partial charge in [-0.2, -0.15) is 0 Å². The van der Waals surface area contributed by atoms with Crippen molar-refractivity contribution in [1.29, 1.82) is 0 Å². The van der Waals surface area contributed by atoms with E-state index in [4.69, 9.17) is 11.6 Å². The van der Waals surface area contributed by atoms with E-state index in [2.05, 4.69) is 20.3 Å². The first-order chi connectivity index (χ1) is 10.9. The number of nitrogens with zero attached hydrogens (tertiary/aromatic N) is 3. The molecule has 2 heterocycles. The van der Waals surface area contributed by atoms with Crippen LogP contribution in [-0.2, 0) is 0 Å². The summed E-state index contributed by atoms with van der Waals surface area (Å²) in [7, 11) is 0. The van der Waals surface area contributed by atoms with Gasteiger partial charge in [0.2, 0.25) is 0 Å². The largest absolute Gasteiger partial charge is 0.390 e. The van der Waals surface area contributed by atoms with Crippen LogP contribution in [0.5, 0.6) is 0 Å². The molecule has 0 atom stereocenters. The van der Waals surface area contributed by atoms with Gasteiger partial charge in [0.25, 0.3) is 0 Å². The van der Waals surface area contributed by atoms with Crippen molar-refractivity contribution in [3.8, 4) is 11.3 Å². The molecule has 0 aromatic carbocycles. The van der Waals surface area contributed by atoms with E-state index in [1.807, 2.05) is 19.9 Å². The third-order valence-electron chi connectivity index (χ3n) is 4.35. The molecular weight excluding hydrogens is 312 g/mol. The van der Waals surface area contributed by atoms with Crippen molar-refractivity contribution in [2.45, 2.75) is 51.2 Å². The second kappa shape index (κ2) is 6.42. The topological polar surface area (TPSA) is 70.9 Å². The molecule has 1 aliphatic carbocycles. The van der Waals surface area contributed by atoms with Gasteiger partial charge in [0, 0.05) is 29.7 Å². The van der Waals surface area contributed by atoms with Crippen LogP contribution < -0.4 is 5.32 Å². The van der Waals surface area contributed by atoms with Gasteiger partial charge in [-0.1, -0.05) is 11.6 Å². The first-order valence-corrected chi connectivity index (χ1v) is 8.24. The van der Waals surface area contributed by atoms with Gasteiger partial charge >= 0.3 is 0 Å². The summed E-state index contributed by atoms with van der Waals surface area (Å²) < 4.78 is 0. The van der Waals surface area contributed by atoms with Crippen LogP contribution in [0.15, 0.2) is 24.7 Å². The maximum atomic E-state index is 10.1. The predicted molar refractivity (Wildman–Crippen MR) is 91.5 cm³/mol. The van der Waals surface area contributed by atoms with E-state index in [-0.39, 0.29) is 0 Å². The van der Waals surface area contributed by atoms with Gasteiger partial charge in [0.1, 0.15) is 5.15 Å². The van der Waals surface area contributed by atoms with Crippen molar-refractivity contribution in [2.75, 3.05) is 5.32 Å². The lowest BCUT2D eigenvalue weighted by atomic mass is 9.83. The summed E-state index contributed by atoms with van der Waals surface area (Å²) in [6, 6.07) is 2.14. The lowest BCUT2D eigenvalue weighted by Gasteiger charge is -2.34. The predicted octanol–water partition coefficient (Wildman–Crippen LogP) is 3.61. The summed E-state index contributed by atoms with van der Waals surface area (Å²) in [5, 5.41) is 14.1. The van der Waals surface area contributed by atoms with E-state index < -0.39 is 5.60 Å². The Hall–Kier alpha value is -1.72. The standard InChI is InChI=1S/C17H21ClN4O/c1-11-8-20-15(10-19-11)13-9-21-16(18)7-14(13)22-12-3-5-17(2,23)6-4-12/h7-10,12,23H,3-6H2,1-2H3,(H,21,22). The first kappa shape index (κ1) is 16.1. The minimum atomic E-state index is -0.542. The van der Waals surface area contributed by atoms with Crippen LogP contribution in [0.25, 0.3) is 11.3 Å². The van der Waals surface area contributed by atoms with Crippen molar-refractivity contribution < 1.29 is 5.11 Å². The number of anilines is 1. The number of nitrogens with one attached hydrogen (secondary N) is 1. The molecule has 23 heavy (non-hydrogen) atoms. The highest BCUT2D eigenvalue weighted by atomic mass is 35.5. The van der Waals surface area contributed by atoms with Gasteiger partial charge < -0.3 is 10.4 Å². The van der Waals surface area contributed by atoms with Gasteiger partial charge in [0.05, 0.1) is 23.2 Å². The van der Waals surface area contributed by atoms with Crippen LogP contribution in [0.2, 0.25) is 5.15 Å². The second-order valence-electron chi connectivity index (χ2n) is 6.51. The Kier molecular flexibility index (Phi) is 4.50. The molecular formula is C17H21ClN4O. The monoisotopic (exact) mass is 332 g/mol. The molecule has 6 heteroatoms. The van der Waals surface area contributed by atoms with E-state index in [1.54, 1.807) is 18.6 Å². The van der Waals surface area contributed by atoms with Crippen LogP contribution in [0.1, 0.15) is 38.3 Å². The van der Waals surface area contributed by atoms with Crippen LogP contribution in [0.3, 0.4) is 0 Å². The lowest BCUT2D eigenvalue weighted by molar-refractivity contribution is 0.0196. The maximum absolute atomic E-state index is 10.1. The molecule has 1 aliphatic rings. The normalized spacial score (nSPS) is 24.4. The maximum Gasteiger partial charge on any atom is 0.131 e. The molecule has 0 spiro atoms. The summed E-state index contributed by atoms with van der Waals surface area (Å²) in [4.78, 5) is 12.9. The van der Waals surface area contributed by atoms with E-state index >= 15 is 0 Å². The Bertz CT molecular complexity index is 677. The molecule has 2 N–H and O–H groups in total. The molecule has 1 saturated carbocycles. The van der Waals surface area contributed by atoms with Crippen molar-refractivity contribution >= 4 is 17.3 Å².